The molecule has 3 aliphatic carbocycles. The van der Waals surface area contributed by atoms with Gasteiger partial charge in [-0.25, -0.2) is 0 Å². The van der Waals surface area contributed by atoms with Crippen molar-refractivity contribution in [1.82, 2.24) is 0 Å². The van der Waals surface area contributed by atoms with E-state index in [1.165, 1.54) is 17.5 Å². The Labute approximate surface area is 126 Å². The lowest BCUT2D eigenvalue weighted by atomic mass is 9.55. The van der Waals surface area contributed by atoms with Crippen LogP contribution in [0, 0.1) is 23.2 Å². The highest BCUT2D eigenvalue weighted by atomic mass is 16.3. The Balaban J connectivity index is 1.73. The number of Topliss-reactive ketones (excluding diaryl/α,β-unsaturated/α-hetero) is 1. The highest BCUT2D eigenvalue weighted by Crippen LogP contribution is 2.60. The molecule has 2 fully saturated rings. The lowest BCUT2D eigenvalue weighted by molar-refractivity contribution is -0.131. The van der Waals surface area contributed by atoms with Crippen LogP contribution in [-0.2, 0) is 11.2 Å². The second-order valence-electron chi connectivity index (χ2n) is 7.76. The first-order valence-corrected chi connectivity index (χ1v) is 8.37. The summed E-state index contributed by atoms with van der Waals surface area (Å²) in [5, 5.41) is 9.70. The van der Waals surface area contributed by atoms with Gasteiger partial charge in [0.05, 0.1) is 0 Å². The van der Waals surface area contributed by atoms with Crippen molar-refractivity contribution < 1.29 is 9.90 Å². The molecule has 2 saturated carbocycles. The standard InChI is InChI=1S/C19H24O2/c1-11-9-17-16-5-3-12-10-13(20)4-6-14(12)15(16)7-8-19(17,2)18(11)21/h4,6,10-11,15-17,20H,3,5,7-9H2,1-2H3/t11-,15?,16?,17?,19?/m1/s1. The van der Waals surface area contributed by atoms with Crippen molar-refractivity contribution in [2.75, 3.05) is 0 Å². The van der Waals surface area contributed by atoms with E-state index in [-0.39, 0.29) is 11.3 Å². The van der Waals surface area contributed by atoms with E-state index in [2.05, 4.69) is 19.9 Å². The zero-order valence-corrected chi connectivity index (χ0v) is 12.9. The number of fused-ring (bicyclic) bond motifs is 5. The average molecular weight is 284 g/mol. The Morgan fingerprint density at radius 2 is 2.10 bits per heavy atom. The molecule has 4 rings (SSSR count). The largest absolute Gasteiger partial charge is 0.508 e. The van der Waals surface area contributed by atoms with Crippen molar-refractivity contribution in [3.05, 3.63) is 29.3 Å². The van der Waals surface area contributed by atoms with Crippen LogP contribution in [0.4, 0.5) is 0 Å². The molecule has 0 amide bonds. The molecular formula is C19H24O2. The fraction of sp³-hybridized carbons (Fsp3) is 0.632. The van der Waals surface area contributed by atoms with Gasteiger partial charge in [0.25, 0.3) is 0 Å². The monoisotopic (exact) mass is 284 g/mol. The Kier molecular flexibility index (Phi) is 2.76. The van der Waals surface area contributed by atoms with Gasteiger partial charge in [-0.3, -0.25) is 4.79 Å². The first kappa shape index (κ1) is 13.4. The van der Waals surface area contributed by atoms with E-state index in [0.29, 0.717) is 29.3 Å². The molecule has 1 aromatic carbocycles. The third-order valence-electron chi connectivity index (χ3n) is 6.72. The van der Waals surface area contributed by atoms with Crippen LogP contribution >= 0.6 is 0 Å². The second kappa shape index (κ2) is 4.34. The van der Waals surface area contributed by atoms with Crippen molar-refractivity contribution in [2.24, 2.45) is 23.2 Å². The number of phenols is 1. The molecule has 0 saturated heterocycles. The average Bonchev–Trinajstić information content (AvgIpc) is 2.70. The molecule has 0 spiro atoms. The normalized spacial score (nSPS) is 41.3. The van der Waals surface area contributed by atoms with Crippen molar-refractivity contribution >= 4 is 5.78 Å². The number of carbonyl (C=O) groups is 1. The summed E-state index contributed by atoms with van der Waals surface area (Å²) in [6, 6.07) is 5.91. The Bertz CT molecular complexity index is 606. The number of ketones is 1. The van der Waals surface area contributed by atoms with Crippen LogP contribution in [0.3, 0.4) is 0 Å². The van der Waals surface area contributed by atoms with Crippen LogP contribution in [0.1, 0.15) is 56.6 Å². The van der Waals surface area contributed by atoms with Crippen LogP contribution in [0.2, 0.25) is 0 Å². The van der Waals surface area contributed by atoms with Gasteiger partial charge in [0.15, 0.2) is 0 Å². The Morgan fingerprint density at radius 3 is 2.90 bits per heavy atom. The summed E-state index contributed by atoms with van der Waals surface area (Å²) in [5.41, 5.74) is 2.71. The molecule has 5 atom stereocenters. The maximum atomic E-state index is 12.6. The van der Waals surface area contributed by atoms with Crippen LogP contribution in [0.5, 0.6) is 5.75 Å². The van der Waals surface area contributed by atoms with Gasteiger partial charge in [-0.1, -0.05) is 19.9 Å². The second-order valence-corrected chi connectivity index (χ2v) is 7.76. The summed E-state index contributed by atoms with van der Waals surface area (Å²) < 4.78 is 0. The van der Waals surface area contributed by atoms with Crippen LogP contribution in [0.15, 0.2) is 18.2 Å². The van der Waals surface area contributed by atoms with Crippen molar-refractivity contribution in [2.45, 2.75) is 51.9 Å². The van der Waals surface area contributed by atoms with Gasteiger partial charge in [-0.05, 0) is 73.1 Å². The number of phenolic OH excluding ortho intramolecular Hbond substituents is 1. The number of carbonyl (C=O) groups excluding carboxylic acids is 1. The highest BCUT2D eigenvalue weighted by Gasteiger charge is 2.56. The van der Waals surface area contributed by atoms with E-state index in [1.54, 1.807) is 0 Å². The van der Waals surface area contributed by atoms with Crippen LogP contribution in [0.25, 0.3) is 0 Å². The summed E-state index contributed by atoms with van der Waals surface area (Å²) in [7, 11) is 0. The Hall–Kier alpha value is -1.31. The summed E-state index contributed by atoms with van der Waals surface area (Å²) in [6.07, 6.45) is 5.50. The molecule has 21 heavy (non-hydrogen) atoms. The maximum absolute atomic E-state index is 12.6. The summed E-state index contributed by atoms with van der Waals surface area (Å²) in [6.45, 7) is 4.35. The number of benzene rings is 1. The van der Waals surface area contributed by atoms with Gasteiger partial charge in [-0.15, -0.1) is 0 Å². The summed E-state index contributed by atoms with van der Waals surface area (Å²) in [5.74, 6) is 2.99. The van der Waals surface area contributed by atoms with Crippen molar-refractivity contribution in [3.63, 3.8) is 0 Å². The molecule has 2 nitrogen and oxygen atoms in total. The lowest BCUT2D eigenvalue weighted by Crippen LogP contribution is -2.42. The Morgan fingerprint density at radius 1 is 1.29 bits per heavy atom. The first-order chi connectivity index (χ1) is 10.0. The minimum Gasteiger partial charge on any atom is -0.508 e. The molecule has 2 heteroatoms. The first-order valence-electron chi connectivity index (χ1n) is 8.37. The maximum Gasteiger partial charge on any atom is 0.141 e. The molecule has 1 aromatic rings. The fourth-order valence-corrected chi connectivity index (χ4v) is 5.68. The van der Waals surface area contributed by atoms with E-state index in [0.717, 1.165) is 25.7 Å². The SMILES string of the molecule is C[C@@H]1CC2C3CCc4cc(O)ccc4C3CCC2(C)C1=O. The molecule has 0 heterocycles. The molecule has 112 valence electrons. The van der Waals surface area contributed by atoms with Gasteiger partial charge in [0.2, 0.25) is 0 Å². The van der Waals surface area contributed by atoms with Crippen LogP contribution in [-0.4, -0.2) is 10.9 Å². The molecule has 0 aliphatic heterocycles. The molecule has 0 radical (unpaired) electrons. The third-order valence-corrected chi connectivity index (χ3v) is 6.72. The number of aryl methyl sites for hydroxylation is 1. The van der Waals surface area contributed by atoms with Crippen LogP contribution < -0.4 is 0 Å². The van der Waals surface area contributed by atoms with E-state index in [9.17, 15) is 9.90 Å². The van der Waals surface area contributed by atoms with Gasteiger partial charge in [0.1, 0.15) is 11.5 Å². The van der Waals surface area contributed by atoms with Gasteiger partial charge in [0, 0.05) is 11.3 Å². The fourth-order valence-electron chi connectivity index (χ4n) is 5.68. The highest BCUT2D eigenvalue weighted by molar-refractivity contribution is 5.89. The van der Waals surface area contributed by atoms with Crippen molar-refractivity contribution in [1.29, 1.82) is 0 Å². The third kappa shape index (κ3) is 1.74. The predicted molar refractivity (Wildman–Crippen MR) is 82.3 cm³/mol. The van der Waals surface area contributed by atoms with E-state index in [4.69, 9.17) is 0 Å². The summed E-state index contributed by atoms with van der Waals surface area (Å²) >= 11 is 0. The zero-order chi connectivity index (χ0) is 14.8. The quantitative estimate of drug-likeness (QED) is 0.780. The van der Waals surface area contributed by atoms with Crippen molar-refractivity contribution in [3.8, 4) is 5.75 Å². The minimum absolute atomic E-state index is 0.0605. The van der Waals surface area contributed by atoms with E-state index in [1.807, 2.05) is 12.1 Å². The molecular weight excluding hydrogens is 260 g/mol. The molecule has 3 aliphatic rings. The lowest BCUT2D eigenvalue weighted by Gasteiger charge is -2.48. The zero-order valence-electron chi connectivity index (χ0n) is 12.9. The smallest absolute Gasteiger partial charge is 0.141 e. The molecule has 1 N–H and O–H groups in total. The number of rotatable bonds is 0. The van der Waals surface area contributed by atoms with E-state index >= 15 is 0 Å². The summed E-state index contributed by atoms with van der Waals surface area (Å²) in [4.78, 5) is 12.6. The number of hydrogen-bond acceptors (Lipinski definition) is 2. The predicted octanol–water partition coefficient (Wildman–Crippen LogP) is 4.06. The molecule has 0 bridgehead atoms. The number of aromatic hydroxyl groups is 1. The van der Waals surface area contributed by atoms with Gasteiger partial charge in [-0.2, -0.15) is 0 Å². The van der Waals surface area contributed by atoms with Gasteiger partial charge < -0.3 is 5.11 Å². The topological polar surface area (TPSA) is 37.3 Å². The minimum atomic E-state index is -0.0605. The van der Waals surface area contributed by atoms with E-state index < -0.39 is 0 Å². The van der Waals surface area contributed by atoms with Gasteiger partial charge >= 0.3 is 0 Å². The molecule has 4 unspecified atom stereocenters. The molecule has 0 aromatic heterocycles. The number of hydrogen-bond donors (Lipinski definition) is 1.